The number of hydrogen-bond acceptors (Lipinski definition) is 3. The Morgan fingerprint density at radius 1 is 0.743 bits per heavy atom. The molecule has 3 aromatic carbocycles. The molecule has 0 fully saturated rings. The third-order valence-electron chi connectivity index (χ3n) is 6.80. The van der Waals surface area contributed by atoms with E-state index in [1.807, 2.05) is 48.5 Å². The molecule has 3 aromatic rings. The van der Waals surface area contributed by atoms with Crippen LogP contribution >= 0.6 is 0 Å². The van der Waals surface area contributed by atoms with Crippen molar-refractivity contribution in [2.45, 2.75) is 96.5 Å². The van der Waals surface area contributed by atoms with Crippen molar-refractivity contribution >= 4 is 33.5 Å². The summed E-state index contributed by atoms with van der Waals surface area (Å²) in [5, 5.41) is 12.8. The first-order chi connectivity index (χ1) is 17.1. The zero-order chi connectivity index (χ0) is 24.9. The molecule has 1 unspecified atom stereocenters. The number of carboxylic acids is 1. The average Bonchev–Trinajstić information content (AvgIpc) is 2.86. The van der Waals surface area contributed by atoms with E-state index in [1.165, 1.54) is 25.7 Å². The van der Waals surface area contributed by atoms with Crippen molar-refractivity contribution in [2.24, 2.45) is 0 Å². The Balaban J connectivity index is 1.68. The van der Waals surface area contributed by atoms with Gasteiger partial charge >= 0.3 is 11.9 Å². The van der Waals surface area contributed by atoms with Crippen LogP contribution in [0.3, 0.4) is 0 Å². The lowest BCUT2D eigenvalue weighted by Gasteiger charge is -2.20. The first-order valence-corrected chi connectivity index (χ1v) is 13.4. The fourth-order valence-electron chi connectivity index (χ4n) is 4.86. The smallest absolute Gasteiger partial charge is 0.339 e. The lowest BCUT2D eigenvalue weighted by Crippen LogP contribution is -2.19. The standard InChI is InChI=1S/C31H40O4/c1-2-3-4-6-9-18-26(19-10-7-5-8-11-22-29(32)33)35-31(34)30-27-20-14-12-16-24(27)23-25-17-13-15-21-28(25)30/h12-17,20-21,23,26H,2-11,18-19,22H2,1H3,(H,32,33). The Morgan fingerprint density at radius 3 is 1.83 bits per heavy atom. The molecule has 3 rings (SSSR count). The van der Waals surface area contributed by atoms with E-state index >= 15 is 0 Å². The molecule has 0 amide bonds. The Bertz CT molecular complexity index is 1030. The highest BCUT2D eigenvalue weighted by atomic mass is 16.5. The molecule has 4 heteroatoms. The lowest BCUT2D eigenvalue weighted by molar-refractivity contribution is -0.137. The van der Waals surface area contributed by atoms with Gasteiger partial charge in [-0.1, -0.05) is 100 Å². The predicted octanol–water partition coefficient (Wildman–Crippen LogP) is 8.69. The molecule has 35 heavy (non-hydrogen) atoms. The Kier molecular flexibility index (Phi) is 11.1. The number of carboxylic acid groups (broad SMARTS) is 1. The van der Waals surface area contributed by atoms with Crippen LogP contribution in [-0.2, 0) is 9.53 Å². The molecule has 0 bridgehead atoms. The van der Waals surface area contributed by atoms with E-state index < -0.39 is 5.97 Å². The number of aliphatic carboxylic acids is 1. The molecule has 0 radical (unpaired) electrons. The van der Waals surface area contributed by atoms with Gasteiger partial charge in [-0.3, -0.25) is 4.79 Å². The monoisotopic (exact) mass is 476 g/mol. The molecule has 0 aliphatic rings. The Morgan fingerprint density at radius 2 is 1.26 bits per heavy atom. The summed E-state index contributed by atoms with van der Waals surface area (Å²) in [5.74, 6) is -0.945. The van der Waals surface area contributed by atoms with Crippen LogP contribution in [0.4, 0.5) is 0 Å². The normalized spacial score (nSPS) is 12.1. The fourth-order valence-corrected chi connectivity index (χ4v) is 4.86. The third kappa shape index (κ3) is 8.38. The second-order valence-electron chi connectivity index (χ2n) is 9.62. The zero-order valence-corrected chi connectivity index (χ0v) is 21.1. The van der Waals surface area contributed by atoms with Crippen molar-refractivity contribution in [3.8, 4) is 0 Å². The number of fused-ring (bicyclic) bond motifs is 2. The second-order valence-corrected chi connectivity index (χ2v) is 9.62. The van der Waals surface area contributed by atoms with Gasteiger partial charge in [0.2, 0.25) is 0 Å². The average molecular weight is 477 g/mol. The van der Waals surface area contributed by atoms with E-state index in [1.54, 1.807) is 0 Å². The summed E-state index contributed by atoms with van der Waals surface area (Å²) in [4.78, 5) is 24.3. The molecule has 0 spiro atoms. The van der Waals surface area contributed by atoms with Crippen molar-refractivity contribution in [2.75, 3.05) is 0 Å². The molecule has 0 aromatic heterocycles. The number of carbonyl (C=O) groups excluding carboxylic acids is 1. The fraction of sp³-hybridized carbons (Fsp3) is 0.484. The minimum Gasteiger partial charge on any atom is -0.481 e. The highest BCUT2D eigenvalue weighted by molar-refractivity contribution is 6.16. The maximum atomic E-state index is 13.6. The van der Waals surface area contributed by atoms with E-state index in [4.69, 9.17) is 9.84 Å². The molecule has 0 saturated heterocycles. The first kappa shape index (κ1) is 26.7. The summed E-state index contributed by atoms with van der Waals surface area (Å²) in [6.45, 7) is 2.22. The van der Waals surface area contributed by atoms with E-state index in [0.717, 1.165) is 72.9 Å². The van der Waals surface area contributed by atoms with Gasteiger partial charge in [0, 0.05) is 6.42 Å². The minimum absolute atomic E-state index is 0.0825. The SMILES string of the molecule is CCCCCCCC(CCCCCCCC(=O)O)OC(=O)c1c2ccccc2cc2ccccc12. The summed E-state index contributed by atoms with van der Waals surface area (Å²) < 4.78 is 6.20. The second kappa shape index (κ2) is 14.5. The summed E-state index contributed by atoms with van der Waals surface area (Å²) >= 11 is 0. The van der Waals surface area contributed by atoms with E-state index in [-0.39, 0.29) is 18.5 Å². The van der Waals surface area contributed by atoms with E-state index in [9.17, 15) is 9.59 Å². The van der Waals surface area contributed by atoms with Gasteiger partial charge in [-0.15, -0.1) is 0 Å². The number of unbranched alkanes of at least 4 members (excludes halogenated alkanes) is 8. The van der Waals surface area contributed by atoms with Crippen molar-refractivity contribution in [3.05, 3.63) is 60.2 Å². The van der Waals surface area contributed by atoms with Crippen LogP contribution in [0.25, 0.3) is 21.5 Å². The van der Waals surface area contributed by atoms with Crippen molar-refractivity contribution in [1.29, 1.82) is 0 Å². The number of esters is 1. The molecular weight excluding hydrogens is 436 g/mol. The van der Waals surface area contributed by atoms with Crippen LogP contribution in [0, 0.1) is 0 Å². The van der Waals surface area contributed by atoms with Crippen molar-refractivity contribution in [1.82, 2.24) is 0 Å². The van der Waals surface area contributed by atoms with Crippen molar-refractivity contribution in [3.63, 3.8) is 0 Å². The molecule has 1 atom stereocenters. The van der Waals surface area contributed by atoms with Gasteiger partial charge in [0.1, 0.15) is 6.10 Å². The number of benzene rings is 3. The minimum atomic E-state index is -0.721. The molecule has 1 N–H and O–H groups in total. The van der Waals surface area contributed by atoms with Crippen LogP contribution in [0.15, 0.2) is 54.6 Å². The molecular formula is C31H40O4. The van der Waals surface area contributed by atoms with Gasteiger partial charge in [-0.2, -0.15) is 0 Å². The molecule has 188 valence electrons. The number of carbonyl (C=O) groups is 2. The quantitative estimate of drug-likeness (QED) is 0.128. The molecule has 0 heterocycles. The van der Waals surface area contributed by atoms with Crippen LogP contribution in [0.5, 0.6) is 0 Å². The summed E-state index contributed by atoms with van der Waals surface area (Å²) in [6, 6.07) is 18.2. The number of hydrogen-bond donors (Lipinski definition) is 1. The lowest BCUT2D eigenvalue weighted by atomic mass is 9.96. The summed E-state index contributed by atoms with van der Waals surface area (Å²) in [6.07, 6.45) is 12.6. The molecule has 0 aliphatic heterocycles. The largest absolute Gasteiger partial charge is 0.481 e. The van der Waals surface area contributed by atoms with Crippen LogP contribution in [0.2, 0.25) is 0 Å². The predicted molar refractivity (Wildman–Crippen MR) is 144 cm³/mol. The first-order valence-electron chi connectivity index (χ1n) is 13.4. The number of rotatable bonds is 16. The van der Waals surface area contributed by atoms with Crippen LogP contribution in [-0.4, -0.2) is 23.1 Å². The summed E-state index contributed by atoms with van der Waals surface area (Å²) in [7, 11) is 0. The van der Waals surface area contributed by atoms with Crippen LogP contribution < -0.4 is 0 Å². The van der Waals surface area contributed by atoms with Gasteiger partial charge < -0.3 is 9.84 Å². The number of ether oxygens (including phenoxy) is 1. The Hall–Kier alpha value is -2.88. The van der Waals surface area contributed by atoms with Gasteiger partial charge in [-0.25, -0.2) is 4.79 Å². The molecule has 4 nitrogen and oxygen atoms in total. The van der Waals surface area contributed by atoms with Gasteiger partial charge in [-0.05, 0) is 59.7 Å². The van der Waals surface area contributed by atoms with E-state index in [2.05, 4.69) is 13.0 Å². The van der Waals surface area contributed by atoms with E-state index in [0.29, 0.717) is 5.56 Å². The maximum absolute atomic E-state index is 13.6. The Labute approximate surface area is 209 Å². The van der Waals surface area contributed by atoms with Crippen molar-refractivity contribution < 1.29 is 19.4 Å². The maximum Gasteiger partial charge on any atom is 0.339 e. The zero-order valence-electron chi connectivity index (χ0n) is 21.1. The summed E-state index contributed by atoms with van der Waals surface area (Å²) in [5.41, 5.74) is 0.670. The van der Waals surface area contributed by atoms with Gasteiger partial charge in [0.15, 0.2) is 0 Å². The van der Waals surface area contributed by atoms with Gasteiger partial charge in [0.05, 0.1) is 5.56 Å². The topological polar surface area (TPSA) is 63.6 Å². The highest BCUT2D eigenvalue weighted by Crippen LogP contribution is 2.30. The molecule has 0 aliphatic carbocycles. The molecule has 0 saturated carbocycles. The highest BCUT2D eigenvalue weighted by Gasteiger charge is 2.20. The van der Waals surface area contributed by atoms with Crippen LogP contribution in [0.1, 0.15) is 101 Å². The van der Waals surface area contributed by atoms with Gasteiger partial charge in [0.25, 0.3) is 0 Å². The third-order valence-corrected chi connectivity index (χ3v) is 6.80.